The first-order valence-electron chi connectivity index (χ1n) is 11.5. The summed E-state index contributed by atoms with van der Waals surface area (Å²) in [4.78, 5) is 30.1. The molecule has 1 saturated heterocycles. The maximum atomic E-state index is 13.4. The van der Waals surface area contributed by atoms with E-state index in [2.05, 4.69) is 0 Å². The molecular formula is C28H25Cl3N2O4. The Morgan fingerprint density at radius 1 is 0.973 bits per heavy atom. The number of ketones is 1. The molecule has 4 rings (SSSR count). The second kappa shape index (κ2) is 11.1. The van der Waals surface area contributed by atoms with Crippen molar-refractivity contribution in [1.82, 2.24) is 4.90 Å². The topological polar surface area (TPSA) is 70.1 Å². The van der Waals surface area contributed by atoms with Crippen LogP contribution in [0.25, 0.3) is 5.76 Å². The van der Waals surface area contributed by atoms with Gasteiger partial charge >= 0.3 is 0 Å². The fourth-order valence-corrected chi connectivity index (χ4v) is 5.10. The lowest BCUT2D eigenvalue weighted by atomic mass is 9.94. The smallest absolute Gasteiger partial charge is 0.295 e. The lowest BCUT2D eigenvalue weighted by Gasteiger charge is -2.26. The number of aliphatic hydroxyl groups is 1. The Morgan fingerprint density at radius 2 is 1.62 bits per heavy atom. The van der Waals surface area contributed by atoms with Crippen LogP contribution < -0.4 is 9.64 Å². The van der Waals surface area contributed by atoms with E-state index in [4.69, 9.17) is 39.5 Å². The molecule has 0 radical (unpaired) electrons. The van der Waals surface area contributed by atoms with Crippen LogP contribution in [0.15, 0.2) is 66.2 Å². The van der Waals surface area contributed by atoms with E-state index in [1.165, 1.54) is 24.1 Å². The molecule has 0 spiro atoms. The van der Waals surface area contributed by atoms with E-state index in [1.807, 2.05) is 55.4 Å². The molecule has 1 unspecified atom stereocenters. The summed E-state index contributed by atoms with van der Waals surface area (Å²) in [6, 6.07) is 16.9. The Labute approximate surface area is 230 Å². The van der Waals surface area contributed by atoms with E-state index in [0.29, 0.717) is 17.0 Å². The second-order valence-corrected chi connectivity index (χ2v) is 10.1. The maximum absolute atomic E-state index is 13.4. The summed E-state index contributed by atoms with van der Waals surface area (Å²) in [5.41, 5.74) is 2.65. The number of hydrogen-bond acceptors (Lipinski definition) is 5. The van der Waals surface area contributed by atoms with Gasteiger partial charge in [0.2, 0.25) is 0 Å². The van der Waals surface area contributed by atoms with Crippen LogP contribution in [0.4, 0.5) is 5.69 Å². The summed E-state index contributed by atoms with van der Waals surface area (Å²) in [7, 11) is 5.23. The van der Waals surface area contributed by atoms with Gasteiger partial charge in [0.1, 0.15) is 11.5 Å². The monoisotopic (exact) mass is 558 g/mol. The minimum Gasteiger partial charge on any atom is -0.507 e. The highest BCUT2D eigenvalue weighted by Crippen LogP contribution is 2.43. The molecule has 1 N–H and O–H groups in total. The van der Waals surface area contributed by atoms with E-state index in [1.54, 1.807) is 12.1 Å². The number of carbonyl (C=O) groups excluding carboxylic acids is 2. The molecule has 37 heavy (non-hydrogen) atoms. The molecule has 1 heterocycles. The largest absolute Gasteiger partial charge is 0.507 e. The highest BCUT2D eigenvalue weighted by Gasteiger charge is 2.46. The van der Waals surface area contributed by atoms with Gasteiger partial charge in [-0.2, -0.15) is 0 Å². The zero-order chi connectivity index (χ0) is 26.9. The summed E-state index contributed by atoms with van der Waals surface area (Å²) in [5, 5.41) is 12.5. The molecule has 3 aromatic rings. The Morgan fingerprint density at radius 3 is 2.22 bits per heavy atom. The van der Waals surface area contributed by atoms with Crippen LogP contribution in [0.1, 0.15) is 22.7 Å². The van der Waals surface area contributed by atoms with E-state index in [9.17, 15) is 14.7 Å². The Kier molecular flexibility index (Phi) is 8.02. The van der Waals surface area contributed by atoms with Gasteiger partial charge in [0, 0.05) is 36.4 Å². The van der Waals surface area contributed by atoms with Gasteiger partial charge in [0.15, 0.2) is 0 Å². The van der Waals surface area contributed by atoms with Crippen LogP contribution in [0.5, 0.6) is 5.75 Å². The number of anilines is 1. The first-order chi connectivity index (χ1) is 17.6. The van der Waals surface area contributed by atoms with Crippen molar-refractivity contribution in [2.24, 2.45) is 0 Å². The van der Waals surface area contributed by atoms with Crippen LogP contribution in [-0.4, -0.2) is 49.4 Å². The number of ether oxygens (including phenoxy) is 1. The number of rotatable bonds is 7. The van der Waals surface area contributed by atoms with Gasteiger partial charge in [-0.1, -0.05) is 59.1 Å². The van der Waals surface area contributed by atoms with Crippen LogP contribution in [0, 0.1) is 0 Å². The van der Waals surface area contributed by atoms with Crippen molar-refractivity contribution in [3.05, 3.63) is 98.0 Å². The van der Waals surface area contributed by atoms with Gasteiger partial charge < -0.3 is 19.6 Å². The second-order valence-electron chi connectivity index (χ2n) is 8.82. The number of carbonyl (C=O) groups is 2. The van der Waals surface area contributed by atoms with Crippen LogP contribution >= 0.6 is 34.8 Å². The Hall–Kier alpha value is -3.19. The SMILES string of the molecule is COc1c(Cl)cc(Cl)cc1/C(O)=C1\C(=O)C(=O)N(CCc2ccc(Cl)cc2)C1c1ccc(N(C)C)cc1. The number of nitrogens with zero attached hydrogens (tertiary/aromatic N) is 2. The fourth-order valence-electron chi connectivity index (χ4n) is 4.40. The molecule has 0 aliphatic carbocycles. The third-order valence-corrected chi connectivity index (χ3v) is 7.04. The van der Waals surface area contributed by atoms with Crippen molar-refractivity contribution >= 4 is 57.9 Å². The van der Waals surface area contributed by atoms with Gasteiger partial charge in [-0.15, -0.1) is 0 Å². The quantitative estimate of drug-likeness (QED) is 0.206. The van der Waals surface area contributed by atoms with Gasteiger partial charge in [0.05, 0.1) is 29.3 Å². The van der Waals surface area contributed by atoms with Crippen molar-refractivity contribution in [1.29, 1.82) is 0 Å². The molecule has 9 heteroatoms. The van der Waals surface area contributed by atoms with Crippen molar-refractivity contribution in [2.45, 2.75) is 12.5 Å². The number of hydrogen-bond donors (Lipinski definition) is 1. The van der Waals surface area contributed by atoms with Gasteiger partial charge in [-0.25, -0.2) is 0 Å². The van der Waals surface area contributed by atoms with E-state index in [0.717, 1.165) is 11.3 Å². The summed E-state index contributed by atoms with van der Waals surface area (Å²) in [6.07, 6.45) is 0.489. The molecular weight excluding hydrogens is 535 g/mol. The molecule has 1 aliphatic heterocycles. The minimum absolute atomic E-state index is 0.0599. The van der Waals surface area contributed by atoms with Crippen LogP contribution in [0.3, 0.4) is 0 Å². The molecule has 0 saturated carbocycles. The van der Waals surface area contributed by atoms with Gasteiger partial charge in [-0.3, -0.25) is 9.59 Å². The fraction of sp³-hybridized carbons (Fsp3) is 0.214. The average Bonchev–Trinajstić information content (AvgIpc) is 3.12. The standard InChI is InChI=1S/C28H25Cl3N2O4/c1-32(2)20-10-6-17(7-11-20)24-23(25(34)21-14-19(30)15-22(31)27(21)37-3)26(35)28(36)33(24)13-12-16-4-8-18(29)9-5-16/h4-11,14-15,24,34H,12-13H2,1-3H3/b25-23+. The number of methoxy groups -OCH3 is 1. The Balaban J connectivity index is 1.84. The third kappa shape index (κ3) is 5.42. The van der Waals surface area contributed by atoms with Crippen molar-refractivity contribution in [2.75, 3.05) is 32.6 Å². The van der Waals surface area contributed by atoms with Crippen molar-refractivity contribution in [3.8, 4) is 5.75 Å². The maximum Gasteiger partial charge on any atom is 0.295 e. The summed E-state index contributed by atoms with van der Waals surface area (Å²) < 4.78 is 5.39. The zero-order valence-corrected chi connectivity index (χ0v) is 22.7. The number of Topliss-reactive ketones (excluding diaryl/α,β-unsaturated/α-hetero) is 1. The van der Waals surface area contributed by atoms with Crippen LogP contribution in [-0.2, 0) is 16.0 Å². The summed E-state index contributed by atoms with van der Waals surface area (Å²) >= 11 is 18.5. The number of aliphatic hydroxyl groups excluding tert-OH is 1. The first kappa shape index (κ1) is 26.9. The molecule has 1 aliphatic rings. The predicted molar refractivity (Wildman–Crippen MR) is 148 cm³/mol. The van der Waals surface area contributed by atoms with E-state index in [-0.39, 0.29) is 33.5 Å². The first-order valence-corrected chi connectivity index (χ1v) is 12.6. The molecule has 0 aromatic heterocycles. The van der Waals surface area contributed by atoms with E-state index >= 15 is 0 Å². The van der Waals surface area contributed by atoms with E-state index < -0.39 is 23.5 Å². The molecule has 192 valence electrons. The summed E-state index contributed by atoms with van der Waals surface area (Å²) in [5.74, 6) is -1.76. The highest BCUT2D eigenvalue weighted by molar-refractivity contribution is 6.46. The average molecular weight is 560 g/mol. The normalized spacial score (nSPS) is 16.8. The Bertz CT molecular complexity index is 1370. The molecule has 6 nitrogen and oxygen atoms in total. The lowest BCUT2D eigenvalue weighted by molar-refractivity contribution is -0.139. The third-order valence-electron chi connectivity index (χ3n) is 6.29. The number of likely N-dealkylation sites (tertiary alicyclic amines) is 1. The van der Waals surface area contributed by atoms with Gasteiger partial charge in [0.25, 0.3) is 11.7 Å². The minimum atomic E-state index is -0.828. The number of halogens is 3. The number of amides is 1. The molecule has 1 fully saturated rings. The van der Waals surface area contributed by atoms with Crippen molar-refractivity contribution in [3.63, 3.8) is 0 Å². The lowest BCUT2D eigenvalue weighted by Crippen LogP contribution is -2.31. The number of benzene rings is 3. The molecule has 0 bridgehead atoms. The molecule has 1 atom stereocenters. The zero-order valence-electron chi connectivity index (χ0n) is 20.5. The molecule has 3 aromatic carbocycles. The predicted octanol–water partition coefficient (Wildman–Crippen LogP) is 6.39. The summed E-state index contributed by atoms with van der Waals surface area (Å²) in [6.45, 7) is 0.247. The van der Waals surface area contributed by atoms with Crippen molar-refractivity contribution < 1.29 is 19.4 Å². The highest BCUT2D eigenvalue weighted by atomic mass is 35.5. The van der Waals surface area contributed by atoms with Gasteiger partial charge in [-0.05, 0) is 53.9 Å². The van der Waals surface area contributed by atoms with Crippen LogP contribution in [0.2, 0.25) is 15.1 Å². The molecule has 1 amide bonds.